The van der Waals surface area contributed by atoms with Gasteiger partial charge in [0.05, 0.1) is 14.2 Å². The van der Waals surface area contributed by atoms with Gasteiger partial charge in [-0.25, -0.2) is 0 Å². The monoisotopic (exact) mass is 407 g/mol. The molecule has 2 rings (SSSR count). The van der Waals surface area contributed by atoms with Crippen molar-refractivity contribution in [1.29, 1.82) is 0 Å². The summed E-state index contributed by atoms with van der Waals surface area (Å²) < 4.78 is 11.1. The molecule has 0 radical (unpaired) electrons. The van der Waals surface area contributed by atoms with Crippen LogP contribution in [0, 0.1) is 0 Å². The average Bonchev–Trinajstić information content (AvgIpc) is 2.78. The number of anilines is 1. The Balaban J connectivity index is 2.21. The highest BCUT2D eigenvalue weighted by Crippen LogP contribution is 2.31. The van der Waals surface area contributed by atoms with E-state index in [9.17, 15) is 0 Å². The number of hydrogen-bond donors (Lipinski definition) is 0. The van der Waals surface area contributed by atoms with Crippen LogP contribution in [0.4, 0.5) is 5.69 Å². The predicted octanol–water partition coefficient (Wildman–Crippen LogP) is 7.31. The first-order valence-corrected chi connectivity index (χ1v) is 11.1. The van der Waals surface area contributed by atoms with E-state index in [1.165, 1.54) is 36.9 Å². The van der Waals surface area contributed by atoms with Crippen molar-refractivity contribution in [3.05, 3.63) is 59.2 Å². The minimum absolute atomic E-state index is 0.835. The van der Waals surface area contributed by atoms with Crippen LogP contribution in [0.3, 0.4) is 0 Å². The molecule has 0 N–H and O–H groups in total. The van der Waals surface area contributed by atoms with Crippen LogP contribution < -0.4 is 14.4 Å². The van der Waals surface area contributed by atoms with Crippen LogP contribution in [0.15, 0.2) is 42.5 Å². The normalized spacial score (nSPS) is 11.4. The number of unbranched alkanes of at least 4 members (excludes halogenated alkanes) is 2. The molecule has 3 nitrogen and oxygen atoms in total. The molecule has 0 bridgehead atoms. The summed E-state index contributed by atoms with van der Waals surface area (Å²) in [5.41, 5.74) is 4.49. The van der Waals surface area contributed by atoms with E-state index in [1.807, 2.05) is 31.2 Å². The van der Waals surface area contributed by atoms with Gasteiger partial charge in [0.1, 0.15) is 11.5 Å². The number of benzene rings is 2. The topological polar surface area (TPSA) is 21.7 Å². The lowest BCUT2D eigenvalue weighted by Crippen LogP contribution is -2.25. The molecule has 3 heteroatoms. The van der Waals surface area contributed by atoms with Gasteiger partial charge in [-0.15, -0.1) is 0 Å². The van der Waals surface area contributed by atoms with E-state index >= 15 is 0 Å². The Bertz CT molecular complexity index is 814. The van der Waals surface area contributed by atoms with Crippen molar-refractivity contribution in [3.8, 4) is 11.5 Å². The average molecular weight is 408 g/mol. The van der Waals surface area contributed by atoms with Crippen molar-refractivity contribution in [3.63, 3.8) is 0 Å². The standard InChI is InChI=1S/C27H37NO2/c1-6-9-18-28(19-10-7-2)25-16-13-22(14-17-25)12-15-24-21-26(29-4)23(11-8-3)20-27(24)30-5/h8,11-17,20-21H,6-7,9-10,18-19H2,1-5H3/b11-8+,15-12+. The third kappa shape index (κ3) is 6.69. The first-order chi connectivity index (χ1) is 14.7. The van der Waals surface area contributed by atoms with Gasteiger partial charge in [-0.2, -0.15) is 0 Å². The highest BCUT2D eigenvalue weighted by Gasteiger charge is 2.08. The number of nitrogens with zero attached hydrogens (tertiary/aromatic N) is 1. The van der Waals surface area contributed by atoms with Crippen LogP contribution in [0.2, 0.25) is 0 Å². The molecule has 0 aliphatic heterocycles. The van der Waals surface area contributed by atoms with Crippen LogP contribution in [0.5, 0.6) is 11.5 Å². The number of allylic oxidation sites excluding steroid dienone is 1. The summed E-state index contributed by atoms with van der Waals surface area (Å²) >= 11 is 0. The summed E-state index contributed by atoms with van der Waals surface area (Å²) in [5.74, 6) is 1.67. The number of hydrogen-bond acceptors (Lipinski definition) is 3. The highest BCUT2D eigenvalue weighted by molar-refractivity contribution is 5.76. The lowest BCUT2D eigenvalue weighted by molar-refractivity contribution is 0.401. The fourth-order valence-corrected chi connectivity index (χ4v) is 3.44. The smallest absolute Gasteiger partial charge is 0.126 e. The first-order valence-electron chi connectivity index (χ1n) is 11.1. The fourth-order valence-electron chi connectivity index (χ4n) is 3.44. The molecule has 0 saturated heterocycles. The SMILES string of the molecule is C/C=C/c1cc(OC)c(/C=C/c2ccc(N(CCCC)CCCC)cc2)cc1OC. The summed E-state index contributed by atoms with van der Waals surface area (Å²) in [6.45, 7) is 8.75. The number of rotatable bonds is 12. The van der Waals surface area contributed by atoms with Crippen molar-refractivity contribution in [2.45, 2.75) is 46.5 Å². The van der Waals surface area contributed by atoms with Gasteiger partial charge in [-0.1, -0.05) is 63.1 Å². The summed E-state index contributed by atoms with van der Waals surface area (Å²) in [6.07, 6.45) is 13.1. The number of methoxy groups -OCH3 is 2. The van der Waals surface area contributed by atoms with Gasteiger partial charge in [0.2, 0.25) is 0 Å². The molecular weight excluding hydrogens is 370 g/mol. The van der Waals surface area contributed by atoms with Crippen molar-refractivity contribution in [2.75, 3.05) is 32.2 Å². The van der Waals surface area contributed by atoms with Gasteiger partial charge in [0, 0.05) is 29.9 Å². The van der Waals surface area contributed by atoms with Gasteiger partial charge >= 0.3 is 0 Å². The zero-order valence-corrected chi connectivity index (χ0v) is 19.3. The Hall–Kier alpha value is -2.68. The maximum absolute atomic E-state index is 5.60. The molecular formula is C27H37NO2. The minimum atomic E-state index is 0.835. The van der Waals surface area contributed by atoms with Crippen molar-refractivity contribution in [1.82, 2.24) is 0 Å². The minimum Gasteiger partial charge on any atom is -0.496 e. The summed E-state index contributed by atoms with van der Waals surface area (Å²) in [5, 5.41) is 0. The molecule has 0 spiro atoms. The second-order valence-corrected chi connectivity index (χ2v) is 7.46. The van der Waals surface area contributed by atoms with Gasteiger partial charge in [0.25, 0.3) is 0 Å². The molecule has 0 unspecified atom stereocenters. The van der Waals surface area contributed by atoms with Crippen LogP contribution in [-0.4, -0.2) is 27.3 Å². The maximum atomic E-state index is 5.60. The predicted molar refractivity (Wildman–Crippen MR) is 132 cm³/mol. The molecule has 30 heavy (non-hydrogen) atoms. The Morgan fingerprint density at radius 1 is 0.767 bits per heavy atom. The summed E-state index contributed by atoms with van der Waals surface area (Å²) in [6, 6.07) is 12.9. The van der Waals surface area contributed by atoms with Crippen LogP contribution in [-0.2, 0) is 0 Å². The van der Waals surface area contributed by atoms with Gasteiger partial charge in [-0.05, 0) is 49.6 Å². The third-order valence-electron chi connectivity index (χ3n) is 5.21. The molecule has 2 aromatic rings. The van der Waals surface area contributed by atoms with E-state index in [2.05, 4.69) is 55.2 Å². The highest BCUT2D eigenvalue weighted by atomic mass is 16.5. The quantitative estimate of drug-likeness (QED) is 0.344. The zero-order valence-electron chi connectivity index (χ0n) is 19.3. The first kappa shape index (κ1) is 23.6. The largest absolute Gasteiger partial charge is 0.496 e. The molecule has 0 heterocycles. The van der Waals surface area contributed by atoms with Crippen LogP contribution >= 0.6 is 0 Å². The summed E-state index contributed by atoms with van der Waals surface area (Å²) in [7, 11) is 3.40. The second kappa shape index (κ2) is 12.8. The molecule has 0 aliphatic rings. The molecule has 2 aromatic carbocycles. The van der Waals surface area contributed by atoms with Gasteiger partial charge < -0.3 is 14.4 Å². The van der Waals surface area contributed by atoms with Crippen molar-refractivity contribution < 1.29 is 9.47 Å². The van der Waals surface area contributed by atoms with E-state index in [0.29, 0.717) is 0 Å². The van der Waals surface area contributed by atoms with Gasteiger partial charge in [0.15, 0.2) is 0 Å². The van der Waals surface area contributed by atoms with Gasteiger partial charge in [-0.3, -0.25) is 0 Å². The van der Waals surface area contributed by atoms with E-state index in [4.69, 9.17) is 9.47 Å². The molecule has 0 amide bonds. The second-order valence-electron chi connectivity index (χ2n) is 7.46. The lowest BCUT2D eigenvalue weighted by atomic mass is 10.1. The fraction of sp³-hybridized carbons (Fsp3) is 0.407. The lowest BCUT2D eigenvalue weighted by Gasteiger charge is -2.24. The van der Waals surface area contributed by atoms with E-state index in [-0.39, 0.29) is 0 Å². The molecule has 0 aromatic heterocycles. The zero-order chi connectivity index (χ0) is 21.8. The van der Waals surface area contributed by atoms with E-state index in [0.717, 1.165) is 35.7 Å². The van der Waals surface area contributed by atoms with E-state index < -0.39 is 0 Å². The Kier molecular flexibility index (Phi) is 10.1. The summed E-state index contributed by atoms with van der Waals surface area (Å²) in [4.78, 5) is 2.51. The van der Waals surface area contributed by atoms with Crippen molar-refractivity contribution in [2.24, 2.45) is 0 Å². The van der Waals surface area contributed by atoms with Crippen LogP contribution in [0.25, 0.3) is 18.2 Å². The van der Waals surface area contributed by atoms with Crippen molar-refractivity contribution >= 4 is 23.9 Å². The molecule has 0 saturated carbocycles. The molecule has 162 valence electrons. The van der Waals surface area contributed by atoms with E-state index in [1.54, 1.807) is 14.2 Å². The number of ether oxygens (including phenoxy) is 2. The molecule has 0 aliphatic carbocycles. The van der Waals surface area contributed by atoms with Crippen LogP contribution in [0.1, 0.15) is 63.1 Å². The Morgan fingerprint density at radius 3 is 1.77 bits per heavy atom. The maximum Gasteiger partial charge on any atom is 0.126 e. The Labute approximate surface area is 183 Å². The molecule has 0 atom stereocenters. The molecule has 0 fully saturated rings. The Morgan fingerprint density at radius 2 is 1.30 bits per heavy atom. The third-order valence-corrected chi connectivity index (χ3v) is 5.21.